The van der Waals surface area contributed by atoms with Crippen molar-refractivity contribution in [3.05, 3.63) is 11.6 Å². The Morgan fingerprint density at radius 1 is 1.47 bits per heavy atom. The Hall–Kier alpha value is -0.750. The standard InChI is InChI=1S/C12H14ClF3O3/c1-5-2-7(13)3-6-4-8(11(17)18)10(12(14,15)16)19-9(5)6/h4-7,9-10H,2-3H2,1H3,(H,17,18). The Bertz CT molecular complexity index is 408. The van der Waals surface area contributed by atoms with Crippen LogP contribution in [0.3, 0.4) is 0 Å². The van der Waals surface area contributed by atoms with Gasteiger partial charge in [0.1, 0.15) is 0 Å². The molecule has 0 spiro atoms. The van der Waals surface area contributed by atoms with Gasteiger partial charge in [0.25, 0.3) is 0 Å². The molecular formula is C12H14ClF3O3. The summed E-state index contributed by atoms with van der Waals surface area (Å²) < 4.78 is 43.6. The van der Waals surface area contributed by atoms with Crippen LogP contribution in [0.2, 0.25) is 0 Å². The summed E-state index contributed by atoms with van der Waals surface area (Å²) in [6.07, 6.45) is -5.49. The smallest absolute Gasteiger partial charge is 0.419 e. The molecule has 0 aromatic rings. The Morgan fingerprint density at radius 3 is 2.63 bits per heavy atom. The lowest BCUT2D eigenvalue weighted by Gasteiger charge is -2.43. The summed E-state index contributed by atoms with van der Waals surface area (Å²) in [5.74, 6) is -2.08. The quantitative estimate of drug-likeness (QED) is 0.757. The van der Waals surface area contributed by atoms with E-state index in [1.807, 2.05) is 0 Å². The second-order valence-corrected chi connectivity index (χ2v) is 5.78. The molecule has 1 aliphatic carbocycles. The van der Waals surface area contributed by atoms with Gasteiger partial charge in [-0.3, -0.25) is 0 Å². The third kappa shape index (κ3) is 2.89. The van der Waals surface area contributed by atoms with Crippen LogP contribution in [-0.4, -0.2) is 34.8 Å². The lowest BCUT2D eigenvalue weighted by Crippen LogP contribution is -2.49. The second kappa shape index (κ2) is 4.98. The predicted molar refractivity (Wildman–Crippen MR) is 62.0 cm³/mol. The summed E-state index contributed by atoms with van der Waals surface area (Å²) in [4.78, 5) is 11.0. The van der Waals surface area contributed by atoms with Crippen molar-refractivity contribution in [1.29, 1.82) is 0 Å². The van der Waals surface area contributed by atoms with Crippen LogP contribution in [0.4, 0.5) is 13.2 Å². The highest BCUT2D eigenvalue weighted by Gasteiger charge is 2.52. The first-order valence-electron chi connectivity index (χ1n) is 6.01. The number of ether oxygens (including phenoxy) is 1. The van der Waals surface area contributed by atoms with Crippen LogP contribution in [0.5, 0.6) is 0 Å². The van der Waals surface area contributed by atoms with Gasteiger partial charge in [-0.2, -0.15) is 13.2 Å². The molecule has 108 valence electrons. The van der Waals surface area contributed by atoms with Crippen LogP contribution in [0.15, 0.2) is 11.6 Å². The molecule has 0 bridgehead atoms. The van der Waals surface area contributed by atoms with Gasteiger partial charge in [-0.25, -0.2) is 4.79 Å². The number of carboxylic acids is 1. The van der Waals surface area contributed by atoms with Crippen LogP contribution < -0.4 is 0 Å². The molecule has 5 unspecified atom stereocenters. The number of rotatable bonds is 1. The van der Waals surface area contributed by atoms with E-state index in [0.717, 1.165) is 0 Å². The summed E-state index contributed by atoms with van der Waals surface area (Å²) in [5, 5.41) is 8.75. The first-order valence-corrected chi connectivity index (χ1v) is 6.45. The van der Waals surface area contributed by atoms with E-state index in [1.165, 1.54) is 6.08 Å². The molecule has 0 saturated heterocycles. The van der Waals surface area contributed by atoms with Gasteiger partial charge in [-0.1, -0.05) is 13.0 Å². The highest BCUT2D eigenvalue weighted by atomic mass is 35.5. The summed E-state index contributed by atoms with van der Waals surface area (Å²) in [7, 11) is 0. The Morgan fingerprint density at radius 2 is 2.11 bits per heavy atom. The molecule has 0 aromatic carbocycles. The monoisotopic (exact) mass is 298 g/mol. The summed E-state index contributed by atoms with van der Waals surface area (Å²) in [6.45, 7) is 1.78. The molecule has 1 saturated carbocycles. The molecule has 2 aliphatic rings. The van der Waals surface area contributed by atoms with Crippen molar-refractivity contribution >= 4 is 17.6 Å². The van der Waals surface area contributed by atoms with E-state index in [2.05, 4.69) is 0 Å². The van der Waals surface area contributed by atoms with Gasteiger partial charge in [0.2, 0.25) is 0 Å². The molecule has 19 heavy (non-hydrogen) atoms. The van der Waals surface area contributed by atoms with Crippen LogP contribution >= 0.6 is 11.6 Å². The van der Waals surface area contributed by atoms with E-state index in [9.17, 15) is 18.0 Å². The zero-order chi connectivity index (χ0) is 14.4. The molecule has 2 rings (SSSR count). The lowest BCUT2D eigenvalue weighted by atomic mass is 9.76. The van der Waals surface area contributed by atoms with Crippen molar-refractivity contribution in [2.75, 3.05) is 0 Å². The number of halogens is 4. The van der Waals surface area contributed by atoms with Gasteiger partial charge in [0.05, 0.1) is 11.7 Å². The third-order valence-corrected chi connectivity index (χ3v) is 4.01. The summed E-state index contributed by atoms with van der Waals surface area (Å²) in [5.41, 5.74) is -0.730. The molecule has 0 amide bonds. The first kappa shape index (κ1) is 14.7. The molecule has 1 heterocycles. The average Bonchev–Trinajstić information content (AvgIpc) is 2.25. The van der Waals surface area contributed by atoms with E-state index < -0.39 is 29.9 Å². The van der Waals surface area contributed by atoms with Crippen LogP contribution in [0.25, 0.3) is 0 Å². The average molecular weight is 299 g/mol. The van der Waals surface area contributed by atoms with Crippen LogP contribution in [0, 0.1) is 11.8 Å². The number of carbonyl (C=O) groups is 1. The zero-order valence-corrected chi connectivity index (χ0v) is 10.9. The van der Waals surface area contributed by atoms with E-state index in [-0.39, 0.29) is 17.2 Å². The van der Waals surface area contributed by atoms with E-state index >= 15 is 0 Å². The van der Waals surface area contributed by atoms with Gasteiger partial charge in [-0.05, 0) is 18.8 Å². The molecule has 1 fully saturated rings. The van der Waals surface area contributed by atoms with Gasteiger partial charge < -0.3 is 9.84 Å². The van der Waals surface area contributed by atoms with Gasteiger partial charge in [0.15, 0.2) is 6.10 Å². The maximum atomic E-state index is 12.9. The fourth-order valence-corrected chi connectivity index (χ4v) is 3.36. The van der Waals surface area contributed by atoms with E-state index in [4.69, 9.17) is 21.4 Å². The molecular weight excluding hydrogens is 285 g/mol. The number of alkyl halides is 4. The van der Waals surface area contributed by atoms with Crippen molar-refractivity contribution in [3.8, 4) is 0 Å². The predicted octanol–water partition coefficient (Wildman–Crippen LogP) is 2.98. The topological polar surface area (TPSA) is 46.5 Å². The molecule has 7 heteroatoms. The minimum Gasteiger partial charge on any atom is -0.478 e. The number of aliphatic carboxylic acids is 1. The van der Waals surface area contributed by atoms with Crippen LogP contribution in [-0.2, 0) is 9.53 Å². The van der Waals surface area contributed by atoms with Gasteiger partial charge >= 0.3 is 12.1 Å². The third-order valence-electron chi connectivity index (χ3n) is 3.65. The fraction of sp³-hybridized carbons (Fsp3) is 0.750. The Balaban J connectivity index is 2.34. The van der Waals surface area contributed by atoms with Crippen molar-refractivity contribution in [1.82, 2.24) is 0 Å². The highest BCUT2D eigenvalue weighted by molar-refractivity contribution is 6.20. The maximum absolute atomic E-state index is 12.9. The van der Waals surface area contributed by atoms with E-state index in [0.29, 0.717) is 12.8 Å². The van der Waals surface area contributed by atoms with Crippen molar-refractivity contribution in [3.63, 3.8) is 0 Å². The Kier molecular flexibility index (Phi) is 3.84. The Labute approximate surface area is 113 Å². The van der Waals surface area contributed by atoms with E-state index in [1.54, 1.807) is 6.92 Å². The molecule has 0 aromatic heterocycles. The number of hydrogen-bond acceptors (Lipinski definition) is 2. The van der Waals surface area contributed by atoms with Crippen molar-refractivity contribution in [2.24, 2.45) is 11.8 Å². The van der Waals surface area contributed by atoms with Crippen molar-refractivity contribution in [2.45, 2.75) is 43.5 Å². The highest BCUT2D eigenvalue weighted by Crippen LogP contribution is 2.43. The molecule has 1 aliphatic heterocycles. The molecule has 1 N–H and O–H groups in total. The van der Waals surface area contributed by atoms with Gasteiger partial charge in [-0.15, -0.1) is 11.6 Å². The molecule has 5 atom stereocenters. The largest absolute Gasteiger partial charge is 0.478 e. The lowest BCUT2D eigenvalue weighted by molar-refractivity contribution is -0.237. The number of carboxylic acid groups (broad SMARTS) is 1. The number of fused-ring (bicyclic) bond motifs is 1. The summed E-state index contributed by atoms with van der Waals surface area (Å²) in [6, 6.07) is 0. The SMILES string of the molecule is CC1CC(Cl)CC2C=C(C(=O)O)C(C(F)(F)F)OC12. The number of hydrogen-bond donors (Lipinski definition) is 1. The van der Waals surface area contributed by atoms with Crippen LogP contribution in [0.1, 0.15) is 19.8 Å². The summed E-state index contributed by atoms with van der Waals surface area (Å²) >= 11 is 6.03. The molecule has 0 radical (unpaired) electrons. The normalized spacial score (nSPS) is 39.4. The van der Waals surface area contributed by atoms with Crippen molar-refractivity contribution < 1.29 is 27.8 Å². The minimum atomic E-state index is -4.72. The minimum absolute atomic E-state index is 0.127. The zero-order valence-electron chi connectivity index (χ0n) is 10.2. The van der Waals surface area contributed by atoms with Gasteiger partial charge in [0, 0.05) is 11.3 Å². The fourth-order valence-electron chi connectivity index (χ4n) is 2.87. The molecule has 3 nitrogen and oxygen atoms in total. The second-order valence-electron chi connectivity index (χ2n) is 5.16. The first-order chi connectivity index (χ1) is 8.70. The maximum Gasteiger partial charge on any atom is 0.419 e.